The number of nitrogens with one attached hydrogen (secondary N) is 2. The molecule has 0 radical (unpaired) electrons. The maximum absolute atomic E-state index is 11.5. The van der Waals surface area contributed by atoms with Crippen LogP contribution in [-0.4, -0.2) is 27.9 Å². The monoisotopic (exact) mass is 296 g/mol. The molecule has 0 aliphatic carbocycles. The second kappa shape index (κ2) is 4.01. The quantitative estimate of drug-likeness (QED) is 0.556. The Labute approximate surface area is 84.7 Å². The van der Waals surface area contributed by atoms with Gasteiger partial charge in [0.2, 0.25) is 0 Å². The Balaban J connectivity index is 4.88. The third kappa shape index (κ3) is 3.46. The lowest BCUT2D eigenvalue weighted by Gasteiger charge is -2.12. The van der Waals surface area contributed by atoms with Crippen LogP contribution >= 0.6 is 0 Å². The van der Waals surface area contributed by atoms with Gasteiger partial charge in [0.15, 0.2) is 0 Å². The second-order valence-electron chi connectivity index (χ2n) is 2.10. The van der Waals surface area contributed by atoms with Crippen LogP contribution in [-0.2, 0) is 20.0 Å². The van der Waals surface area contributed by atoms with Crippen molar-refractivity contribution in [2.75, 3.05) is 0 Å². The Morgan fingerprint density at radius 2 is 0.812 bits per heavy atom. The minimum Gasteiger partial charge on any atom is -0.202 e. The number of hydrogen-bond donors (Lipinski definition) is 2. The molecule has 0 saturated heterocycles. The van der Waals surface area contributed by atoms with E-state index in [0.717, 1.165) is 0 Å². The van der Waals surface area contributed by atoms with Gasteiger partial charge in [0, 0.05) is 0 Å². The van der Waals surface area contributed by atoms with Crippen molar-refractivity contribution in [3.8, 4) is 0 Å². The van der Waals surface area contributed by atoms with Crippen LogP contribution in [0.15, 0.2) is 0 Å². The Kier molecular flexibility index (Phi) is 3.86. The van der Waals surface area contributed by atoms with Crippen LogP contribution < -0.4 is 9.66 Å². The molecule has 0 bridgehead atoms. The smallest absolute Gasteiger partial charge is 0.202 e. The third-order valence-corrected chi connectivity index (χ3v) is 3.01. The number of halogens is 6. The van der Waals surface area contributed by atoms with Gasteiger partial charge in [0.05, 0.1) is 0 Å². The molecule has 0 amide bonds. The van der Waals surface area contributed by atoms with E-state index in [4.69, 9.17) is 0 Å². The molecule has 6 nitrogen and oxygen atoms in total. The van der Waals surface area contributed by atoms with Crippen LogP contribution in [0, 0.1) is 0 Å². The maximum Gasteiger partial charge on any atom is 0.512 e. The molecule has 0 rings (SSSR count). The van der Waals surface area contributed by atoms with E-state index in [2.05, 4.69) is 0 Å². The van der Waals surface area contributed by atoms with Crippen molar-refractivity contribution < 1.29 is 43.2 Å². The van der Waals surface area contributed by atoms with Gasteiger partial charge in [-0.3, -0.25) is 0 Å². The SMILES string of the molecule is O=S(=O)(NNS(=O)(=O)C(F)(F)F)C(F)(F)F. The molecule has 0 atom stereocenters. The molecule has 16 heavy (non-hydrogen) atoms. The van der Waals surface area contributed by atoms with Crippen molar-refractivity contribution in [3.05, 3.63) is 0 Å². The lowest BCUT2D eigenvalue weighted by Crippen LogP contribution is -2.50. The zero-order valence-electron chi connectivity index (χ0n) is 6.72. The summed E-state index contributed by atoms with van der Waals surface area (Å²) in [4.78, 5) is 0.0700. The van der Waals surface area contributed by atoms with E-state index in [-0.39, 0.29) is 9.66 Å². The van der Waals surface area contributed by atoms with Gasteiger partial charge in [0.1, 0.15) is 0 Å². The highest BCUT2D eigenvalue weighted by Gasteiger charge is 2.50. The molecule has 0 aromatic rings. The largest absolute Gasteiger partial charge is 0.512 e. The maximum atomic E-state index is 11.5. The summed E-state index contributed by atoms with van der Waals surface area (Å²) in [6.45, 7) is 0. The summed E-state index contributed by atoms with van der Waals surface area (Å²) < 4.78 is 110. The van der Waals surface area contributed by atoms with Gasteiger partial charge >= 0.3 is 31.1 Å². The molecule has 0 unspecified atom stereocenters. The first-order valence-electron chi connectivity index (χ1n) is 2.87. The Morgan fingerprint density at radius 3 is 0.938 bits per heavy atom. The molecule has 0 aromatic carbocycles. The van der Waals surface area contributed by atoms with Crippen LogP contribution in [0.4, 0.5) is 26.3 Å². The molecule has 0 fully saturated rings. The van der Waals surface area contributed by atoms with Crippen molar-refractivity contribution in [3.63, 3.8) is 0 Å². The van der Waals surface area contributed by atoms with Crippen LogP contribution in [0.5, 0.6) is 0 Å². The highest BCUT2D eigenvalue weighted by molar-refractivity contribution is 7.93. The van der Waals surface area contributed by atoms with Crippen LogP contribution in [0.25, 0.3) is 0 Å². The van der Waals surface area contributed by atoms with Gasteiger partial charge < -0.3 is 0 Å². The molecule has 0 saturated carbocycles. The van der Waals surface area contributed by atoms with Crippen molar-refractivity contribution in [2.45, 2.75) is 11.0 Å². The second-order valence-corrected chi connectivity index (χ2v) is 5.45. The number of sulfonamides is 2. The van der Waals surface area contributed by atoms with E-state index in [1.807, 2.05) is 0 Å². The molecule has 98 valence electrons. The van der Waals surface area contributed by atoms with Crippen molar-refractivity contribution >= 4 is 20.0 Å². The van der Waals surface area contributed by atoms with Gasteiger partial charge in [-0.15, -0.1) is 9.66 Å². The molecule has 0 aliphatic rings. The number of hydrogen-bond acceptors (Lipinski definition) is 4. The fourth-order valence-corrected chi connectivity index (χ4v) is 1.33. The van der Waals surface area contributed by atoms with Crippen LogP contribution in [0.2, 0.25) is 0 Å². The fraction of sp³-hybridized carbons (Fsp3) is 1.00. The van der Waals surface area contributed by atoms with E-state index in [0.29, 0.717) is 0 Å². The molecule has 14 heteroatoms. The van der Waals surface area contributed by atoms with Crippen molar-refractivity contribution in [2.24, 2.45) is 0 Å². The standard InChI is InChI=1S/C2H2F6N2O4S2/c3-1(4,5)15(11,12)9-10-16(13,14)2(6,7)8/h9-10H. The van der Waals surface area contributed by atoms with Gasteiger partial charge in [-0.1, -0.05) is 0 Å². The summed E-state index contributed by atoms with van der Waals surface area (Å²) in [5.41, 5.74) is -11.9. The highest BCUT2D eigenvalue weighted by Crippen LogP contribution is 2.23. The molecular weight excluding hydrogens is 294 g/mol. The number of alkyl halides is 6. The Morgan fingerprint density at radius 1 is 0.625 bits per heavy atom. The summed E-state index contributed by atoms with van der Waals surface area (Å²) in [7, 11) is -12.5. The molecule has 0 aromatic heterocycles. The summed E-state index contributed by atoms with van der Waals surface area (Å²) in [5.74, 6) is 0. The van der Waals surface area contributed by atoms with Crippen molar-refractivity contribution in [1.82, 2.24) is 9.66 Å². The average Bonchev–Trinajstić information content (AvgIpc) is 1.97. The summed E-state index contributed by atoms with van der Waals surface area (Å²) in [6, 6.07) is 0. The van der Waals surface area contributed by atoms with Gasteiger partial charge in [-0.05, 0) is 0 Å². The van der Waals surface area contributed by atoms with E-state index in [9.17, 15) is 43.2 Å². The summed E-state index contributed by atoms with van der Waals surface area (Å²) in [5, 5.41) is 0. The normalized spacial score (nSPS) is 15.1. The van der Waals surface area contributed by atoms with Crippen LogP contribution in [0.3, 0.4) is 0 Å². The fourth-order valence-electron chi connectivity index (χ4n) is 0.225. The lowest BCUT2D eigenvalue weighted by atomic mass is 11.6. The van der Waals surface area contributed by atoms with Crippen LogP contribution in [0.1, 0.15) is 0 Å². The lowest BCUT2D eigenvalue weighted by molar-refractivity contribution is -0.0479. The molecular formula is C2H2F6N2O4S2. The van der Waals surface area contributed by atoms with Gasteiger partial charge in [-0.25, -0.2) is 16.8 Å². The van der Waals surface area contributed by atoms with Crippen molar-refractivity contribution in [1.29, 1.82) is 0 Å². The summed E-state index contributed by atoms with van der Waals surface area (Å²) in [6.07, 6.45) is 0. The zero-order valence-corrected chi connectivity index (χ0v) is 8.35. The number of hydrazine groups is 1. The predicted molar refractivity (Wildman–Crippen MR) is 36.2 cm³/mol. The first-order chi connectivity index (χ1) is 6.71. The molecule has 0 spiro atoms. The van der Waals surface area contributed by atoms with E-state index >= 15 is 0 Å². The van der Waals surface area contributed by atoms with E-state index in [1.165, 1.54) is 0 Å². The van der Waals surface area contributed by atoms with E-state index in [1.54, 1.807) is 0 Å². The molecule has 0 heterocycles. The first-order valence-corrected chi connectivity index (χ1v) is 5.83. The minimum atomic E-state index is -6.23. The third-order valence-electron chi connectivity index (χ3n) is 0.920. The minimum absolute atomic E-state index is 0.0350. The zero-order chi connectivity index (χ0) is 13.4. The average molecular weight is 296 g/mol. The highest BCUT2D eigenvalue weighted by atomic mass is 32.2. The van der Waals surface area contributed by atoms with E-state index < -0.39 is 31.1 Å². The molecule has 0 aliphatic heterocycles. The Bertz CT molecular complexity index is 400. The molecule has 2 N–H and O–H groups in total. The number of rotatable bonds is 3. The van der Waals surface area contributed by atoms with Gasteiger partial charge in [0.25, 0.3) is 0 Å². The summed E-state index contributed by atoms with van der Waals surface area (Å²) >= 11 is 0. The first kappa shape index (κ1) is 15.4. The predicted octanol–water partition coefficient (Wildman–Crippen LogP) is -0.220. The Hall–Kier alpha value is -0.600. The topological polar surface area (TPSA) is 92.3 Å². The van der Waals surface area contributed by atoms with Gasteiger partial charge in [-0.2, -0.15) is 26.3 Å².